The van der Waals surface area contributed by atoms with Crippen LogP contribution in [0.2, 0.25) is 0 Å². The Morgan fingerprint density at radius 3 is 2.42 bits per heavy atom. The summed E-state index contributed by atoms with van der Waals surface area (Å²) in [7, 11) is 0. The first kappa shape index (κ1) is 28.5. The van der Waals surface area contributed by atoms with Crippen LogP contribution in [0, 0.1) is 11.6 Å². The molecule has 14 heteroatoms. The maximum atomic E-state index is 15.1. The number of aromatic nitrogens is 1. The van der Waals surface area contributed by atoms with Crippen molar-refractivity contribution in [3.63, 3.8) is 0 Å². The Balaban J connectivity index is 1.31. The van der Waals surface area contributed by atoms with Crippen LogP contribution in [0.15, 0.2) is 35.3 Å². The Kier molecular flexibility index (Phi) is 8.97. The molecule has 2 aliphatic rings. The Bertz CT molecular complexity index is 1300. The van der Waals surface area contributed by atoms with Crippen LogP contribution in [0.25, 0.3) is 0 Å². The summed E-state index contributed by atoms with van der Waals surface area (Å²) in [4.78, 5) is 66.1. The zero-order chi connectivity index (χ0) is 28.8. The lowest BCUT2D eigenvalue weighted by Crippen LogP contribution is -2.51. The summed E-state index contributed by atoms with van der Waals surface area (Å²) in [5, 5.41) is 2.48. The minimum Gasteiger partial charge on any atom is -0.466 e. The van der Waals surface area contributed by atoms with Gasteiger partial charge in [-0.25, -0.2) is 13.6 Å². The Hall–Kier alpha value is -4.49. The van der Waals surface area contributed by atoms with E-state index in [-0.39, 0.29) is 87.1 Å². The van der Waals surface area contributed by atoms with Crippen LogP contribution < -0.4 is 20.7 Å². The van der Waals surface area contributed by atoms with Gasteiger partial charge in [0, 0.05) is 57.0 Å². The molecule has 214 valence electrons. The molecule has 4 rings (SSSR count). The van der Waals surface area contributed by atoms with E-state index in [4.69, 9.17) is 9.47 Å². The third-order valence-corrected chi connectivity index (χ3v) is 6.56. The highest BCUT2D eigenvalue weighted by Crippen LogP contribution is 2.32. The number of piperazine rings is 1. The predicted molar refractivity (Wildman–Crippen MR) is 138 cm³/mol. The zero-order valence-electron chi connectivity index (χ0n) is 21.8. The highest BCUT2D eigenvalue weighted by atomic mass is 19.1. The highest BCUT2D eigenvalue weighted by Gasteiger charge is 2.34. The number of ether oxygens (including phenoxy) is 2. The van der Waals surface area contributed by atoms with Crippen LogP contribution in [0.1, 0.15) is 30.1 Å². The first-order chi connectivity index (χ1) is 19.2. The topological polar surface area (TPSA) is 141 Å². The molecule has 2 fully saturated rings. The standard InChI is InChI=1S/C26H29F2N5O7/c1-2-39-23(36)6-4-18-15-33(26(38)40-18)17-11-19(27)24(20(28)12-17)32-9-7-31(8-10-32)22(35)14-30-25(37)16-3-5-21(34)29-13-16/h3,5,11-13,18H,2,4,6-10,14-15H2,1H3,(H,29,34)(H,30,37)/t18-/m0/s1. The molecule has 0 unspecified atom stereocenters. The molecule has 1 aromatic carbocycles. The van der Waals surface area contributed by atoms with E-state index in [1.807, 2.05) is 0 Å². The van der Waals surface area contributed by atoms with Gasteiger partial charge in [0.1, 0.15) is 11.8 Å². The lowest BCUT2D eigenvalue weighted by Gasteiger charge is -2.36. The number of cyclic esters (lactones) is 1. The second-order valence-electron chi connectivity index (χ2n) is 9.21. The third kappa shape index (κ3) is 6.74. The van der Waals surface area contributed by atoms with Crippen LogP contribution in [0.5, 0.6) is 0 Å². The van der Waals surface area contributed by atoms with E-state index in [1.54, 1.807) is 6.92 Å². The Morgan fingerprint density at radius 1 is 1.10 bits per heavy atom. The number of carbonyl (C=O) groups excluding carboxylic acids is 4. The SMILES string of the molecule is CCOC(=O)CC[C@H]1CN(c2cc(F)c(N3CCN(C(=O)CNC(=O)c4ccc(=O)[nH]c4)CC3)c(F)c2)C(=O)O1. The molecule has 0 aliphatic carbocycles. The van der Waals surface area contributed by atoms with E-state index < -0.39 is 35.7 Å². The molecule has 3 heterocycles. The molecular weight excluding hydrogens is 532 g/mol. The number of amides is 3. The van der Waals surface area contributed by atoms with Crippen molar-refractivity contribution < 1.29 is 37.4 Å². The van der Waals surface area contributed by atoms with Gasteiger partial charge in [0.05, 0.1) is 30.9 Å². The van der Waals surface area contributed by atoms with Crippen molar-refractivity contribution in [1.29, 1.82) is 0 Å². The number of H-pyrrole nitrogens is 1. The highest BCUT2D eigenvalue weighted by molar-refractivity contribution is 5.96. The van der Waals surface area contributed by atoms with Gasteiger partial charge in [-0.15, -0.1) is 0 Å². The molecule has 2 aromatic rings. The number of aromatic amines is 1. The van der Waals surface area contributed by atoms with Gasteiger partial charge in [-0.3, -0.25) is 24.1 Å². The fourth-order valence-corrected chi connectivity index (χ4v) is 4.51. The summed E-state index contributed by atoms with van der Waals surface area (Å²) in [6.45, 7) is 2.33. The molecule has 0 radical (unpaired) electrons. The Labute approximate surface area is 227 Å². The minimum atomic E-state index is -0.870. The smallest absolute Gasteiger partial charge is 0.414 e. The number of nitrogens with one attached hydrogen (secondary N) is 2. The molecular formula is C26H29F2N5O7. The summed E-state index contributed by atoms with van der Waals surface area (Å²) in [5.41, 5.74) is -0.438. The Morgan fingerprint density at radius 2 is 1.80 bits per heavy atom. The number of benzene rings is 1. The van der Waals surface area contributed by atoms with Crippen LogP contribution in [0.4, 0.5) is 25.0 Å². The van der Waals surface area contributed by atoms with E-state index in [2.05, 4.69) is 10.3 Å². The quantitative estimate of drug-likeness (QED) is 0.438. The maximum absolute atomic E-state index is 15.1. The monoisotopic (exact) mass is 561 g/mol. The molecule has 3 amide bonds. The summed E-state index contributed by atoms with van der Waals surface area (Å²) in [5.74, 6) is -3.05. The van der Waals surface area contributed by atoms with Crippen LogP contribution in [0.3, 0.4) is 0 Å². The van der Waals surface area contributed by atoms with Gasteiger partial charge in [0.15, 0.2) is 11.6 Å². The second kappa shape index (κ2) is 12.6. The lowest BCUT2D eigenvalue weighted by atomic mass is 10.1. The third-order valence-electron chi connectivity index (χ3n) is 6.56. The summed E-state index contributed by atoms with van der Waals surface area (Å²) >= 11 is 0. The number of rotatable bonds is 9. The van der Waals surface area contributed by atoms with Crippen LogP contribution >= 0.6 is 0 Å². The minimum absolute atomic E-state index is 0.00516. The molecule has 2 saturated heterocycles. The number of halogens is 2. The van der Waals surface area contributed by atoms with Gasteiger partial charge in [-0.1, -0.05) is 0 Å². The molecule has 0 spiro atoms. The number of nitrogens with zero attached hydrogens (tertiary/aromatic N) is 3. The van der Waals surface area contributed by atoms with Crippen molar-refractivity contribution in [2.24, 2.45) is 0 Å². The van der Waals surface area contributed by atoms with Gasteiger partial charge in [-0.05, 0) is 19.4 Å². The van der Waals surface area contributed by atoms with Crippen molar-refractivity contribution in [1.82, 2.24) is 15.2 Å². The molecule has 1 atom stereocenters. The van der Waals surface area contributed by atoms with Crippen LogP contribution in [-0.2, 0) is 19.1 Å². The van der Waals surface area contributed by atoms with Gasteiger partial charge in [-0.2, -0.15) is 0 Å². The maximum Gasteiger partial charge on any atom is 0.414 e. The van der Waals surface area contributed by atoms with Crippen molar-refractivity contribution in [2.75, 3.05) is 55.7 Å². The molecule has 0 bridgehead atoms. The largest absolute Gasteiger partial charge is 0.466 e. The molecule has 40 heavy (non-hydrogen) atoms. The average molecular weight is 562 g/mol. The van der Waals surface area contributed by atoms with Crippen LogP contribution in [-0.4, -0.2) is 85.7 Å². The number of esters is 1. The first-order valence-corrected chi connectivity index (χ1v) is 12.8. The number of pyridine rings is 1. The fourth-order valence-electron chi connectivity index (χ4n) is 4.51. The zero-order valence-corrected chi connectivity index (χ0v) is 21.8. The van der Waals surface area contributed by atoms with Gasteiger partial charge in [0.2, 0.25) is 11.5 Å². The van der Waals surface area contributed by atoms with Gasteiger partial charge in [0.25, 0.3) is 5.91 Å². The van der Waals surface area contributed by atoms with Crippen molar-refractivity contribution in [2.45, 2.75) is 25.9 Å². The lowest BCUT2D eigenvalue weighted by molar-refractivity contribution is -0.143. The van der Waals surface area contributed by atoms with Gasteiger partial charge >= 0.3 is 12.1 Å². The summed E-state index contributed by atoms with van der Waals surface area (Å²) < 4.78 is 40.3. The summed E-state index contributed by atoms with van der Waals surface area (Å²) in [6.07, 6.45) is 0.142. The van der Waals surface area contributed by atoms with Gasteiger partial charge < -0.3 is 29.6 Å². The normalized spacial score (nSPS) is 17.0. The molecule has 2 aliphatic heterocycles. The van der Waals surface area contributed by atoms with E-state index in [9.17, 15) is 24.0 Å². The predicted octanol–water partition coefficient (Wildman–Crippen LogP) is 1.40. The van der Waals surface area contributed by atoms with E-state index >= 15 is 8.78 Å². The molecule has 0 saturated carbocycles. The van der Waals surface area contributed by atoms with E-state index in [0.29, 0.717) is 0 Å². The van der Waals surface area contributed by atoms with Crippen molar-refractivity contribution >= 4 is 35.3 Å². The number of hydrogen-bond acceptors (Lipinski definition) is 8. The van der Waals surface area contributed by atoms with Crippen molar-refractivity contribution in [3.05, 3.63) is 58.0 Å². The fraction of sp³-hybridized carbons (Fsp3) is 0.423. The number of carbonyl (C=O) groups is 4. The summed E-state index contributed by atoms with van der Waals surface area (Å²) in [6, 6.07) is 4.64. The van der Waals surface area contributed by atoms with E-state index in [1.165, 1.54) is 28.1 Å². The molecule has 12 nitrogen and oxygen atoms in total. The second-order valence-corrected chi connectivity index (χ2v) is 9.21. The molecule has 1 aromatic heterocycles. The average Bonchev–Trinajstić information content (AvgIpc) is 3.31. The van der Waals surface area contributed by atoms with E-state index in [0.717, 1.165) is 17.0 Å². The molecule has 2 N–H and O–H groups in total. The number of hydrogen-bond donors (Lipinski definition) is 2. The first-order valence-electron chi connectivity index (χ1n) is 12.8. The van der Waals surface area contributed by atoms with Crippen molar-refractivity contribution in [3.8, 4) is 0 Å². The number of anilines is 2.